The summed E-state index contributed by atoms with van der Waals surface area (Å²) < 4.78 is 10.7. The number of aromatic nitrogens is 1. The van der Waals surface area contributed by atoms with Crippen LogP contribution in [0.5, 0.6) is 5.88 Å². The van der Waals surface area contributed by atoms with Gasteiger partial charge in [-0.25, -0.2) is 0 Å². The number of carbonyl (C=O) groups is 1. The van der Waals surface area contributed by atoms with Crippen molar-refractivity contribution < 1.29 is 14.1 Å². The number of carbonyl (C=O) groups excluding carboxylic acids is 1. The highest BCUT2D eigenvalue weighted by atomic mass is 35.5. The molecule has 1 N–H and O–H groups in total. The first-order valence-electron chi connectivity index (χ1n) is 8.83. The fourth-order valence-corrected chi connectivity index (χ4v) is 3.24. The molecule has 2 aliphatic carbocycles. The van der Waals surface area contributed by atoms with Gasteiger partial charge in [-0.1, -0.05) is 25.7 Å². The normalized spacial score (nSPS) is 18.8. The lowest BCUT2D eigenvalue weighted by molar-refractivity contribution is 0.0889. The molecule has 1 aromatic heterocycles. The lowest BCUT2D eigenvalue weighted by atomic mass is 9.92. The summed E-state index contributed by atoms with van der Waals surface area (Å²) in [6.07, 6.45) is 9.64. The average molecular weight is 358 g/mol. The molecule has 0 bridgehead atoms. The highest BCUT2D eigenvalue weighted by Crippen LogP contribution is 2.23. The minimum atomic E-state index is -0.189. The Morgan fingerprint density at radius 2 is 2.04 bits per heavy atom. The van der Waals surface area contributed by atoms with E-state index in [1.807, 2.05) is 0 Å². The smallest absolute Gasteiger partial charge is 0.290 e. The van der Waals surface area contributed by atoms with Gasteiger partial charge < -0.3 is 19.5 Å². The number of amides is 1. The van der Waals surface area contributed by atoms with Crippen molar-refractivity contribution >= 4 is 18.3 Å². The summed E-state index contributed by atoms with van der Waals surface area (Å²) >= 11 is 0. The molecule has 0 spiro atoms. The highest BCUT2D eigenvalue weighted by Gasteiger charge is 2.22. The molecule has 0 radical (unpaired) electrons. The Bertz CT molecular complexity index is 513. The van der Waals surface area contributed by atoms with E-state index in [0.29, 0.717) is 18.5 Å². The summed E-state index contributed by atoms with van der Waals surface area (Å²) in [6.45, 7) is 1.42. The third kappa shape index (κ3) is 5.11. The number of rotatable bonds is 7. The maximum atomic E-state index is 12.1. The molecule has 7 heteroatoms. The van der Waals surface area contributed by atoms with E-state index >= 15 is 0 Å². The zero-order chi connectivity index (χ0) is 16.1. The van der Waals surface area contributed by atoms with E-state index in [9.17, 15) is 4.79 Å². The van der Waals surface area contributed by atoms with Crippen LogP contribution in [0.4, 0.5) is 0 Å². The van der Waals surface area contributed by atoms with Gasteiger partial charge in [0, 0.05) is 18.6 Å². The maximum Gasteiger partial charge on any atom is 0.290 e. The van der Waals surface area contributed by atoms with Crippen LogP contribution in [0.25, 0.3) is 0 Å². The summed E-state index contributed by atoms with van der Waals surface area (Å²) in [7, 11) is 2.12. The molecule has 1 amide bonds. The molecule has 2 fully saturated rings. The van der Waals surface area contributed by atoms with Gasteiger partial charge in [0.15, 0.2) is 0 Å². The van der Waals surface area contributed by atoms with E-state index in [1.54, 1.807) is 6.07 Å². The molecule has 6 nitrogen and oxygen atoms in total. The van der Waals surface area contributed by atoms with Crippen molar-refractivity contribution in [3.63, 3.8) is 0 Å². The number of nitrogens with zero attached hydrogens (tertiary/aromatic N) is 2. The van der Waals surface area contributed by atoms with Gasteiger partial charge in [0.1, 0.15) is 6.61 Å². The monoisotopic (exact) mass is 357 g/mol. The molecule has 136 valence electrons. The summed E-state index contributed by atoms with van der Waals surface area (Å²) in [5, 5.41) is 6.85. The first kappa shape index (κ1) is 19.1. The van der Waals surface area contributed by atoms with Gasteiger partial charge in [0.2, 0.25) is 5.76 Å². The number of hydrogen-bond donors (Lipinski definition) is 1. The van der Waals surface area contributed by atoms with Crippen LogP contribution in [-0.2, 0) is 0 Å². The summed E-state index contributed by atoms with van der Waals surface area (Å²) in [5.74, 6) is 0.435. The maximum absolute atomic E-state index is 12.1. The predicted octanol–water partition coefficient (Wildman–Crippen LogP) is 3.02. The Hall–Kier alpha value is -1.27. The van der Waals surface area contributed by atoms with Gasteiger partial charge in [0.25, 0.3) is 11.8 Å². The van der Waals surface area contributed by atoms with Crippen molar-refractivity contribution in [2.75, 3.05) is 20.2 Å². The van der Waals surface area contributed by atoms with Crippen molar-refractivity contribution in [2.24, 2.45) is 0 Å². The molecule has 0 aromatic carbocycles. The molecule has 0 aliphatic heterocycles. The summed E-state index contributed by atoms with van der Waals surface area (Å²) in [5.41, 5.74) is 0. The van der Waals surface area contributed by atoms with Gasteiger partial charge in [0.05, 0.1) is 6.07 Å². The molecule has 0 saturated heterocycles. The number of likely N-dealkylation sites (N-methyl/N-ethyl adjacent to an activating group) is 1. The second kappa shape index (κ2) is 9.28. The molecule has 1 heterocycles. The van der Waals surface area contributed by atoms with Crippen LogP contribution in [-0.4, -0.2) is 48.2 Å². The lowest BCUT2D eigenvalue weighted by Crippen LogP contribution is -2.39. The Morgan fingerprint density at radius 1 is 1.29 bits per heavy atom. The number of halogens is 1. The molecule has 24 heavy (non-hydrogen) atoms. The summed E-state index contributed by atoms with van der Waals surface area (Å²) in [6, 6.07) is 2.55. The standard InChI is InChI=1S/C17H27N3O3.ClH/c1-20(14-8-5-9-14)10-11-22-16-12-15(23-19-16)17(21)18-13-6-3-2-4-7-13;/h12-14H,2-11H2,1H3,(H,18,21);1H. The second-order valence-corrected chi connectivity index (χ2v) is 6.75. The first-order chi connectivity index (χ1) is 11.2. The molecular formula is C17H28ClN3O3. The first-order valence-corrected chi connectivity index (χ1v) is 8.83. The third-order valence-corrected chi connectivity index (χ3v) is 5.04. The van der Waals surface area contributed by atoms with E-state index in [-0.39, 0.29) is 30.1 Å². The van der Waals surface area contributed by atoms with E-state index in [4.69, 9.17) is 9.26 Å². The van der Waals surface area contributed by atoms with Crippen LogP contribution in [0.3, 0.4) is 0 Å². The largest absolute Gasteiger partial charge is 0.474 e. The zero-order valence-electron chi connectivity index (χ0n) is 14.3. The molecular weight excluding hydrogens is 330 g/mol. The fraction of sp³-hybridized carbons (Fsp3) is 0.765. The second-order valence-electron chi connectivity index (χ2n) is 6.75. The van der Waals surface area contributed by atoms with Gasteiger partial charge in [-0.3, -0.25) is 4.79 Å². The van der Waals surface area contributed by atoms with Gasteiger partial charge in [-0.15, -0.1) is 12.4 Å². The van der Waals surface area contributed by atoms with E-state index in [0.717, 1.165) is 19.4 Å². The molecule has 1 aromatic rings. The van der Waals surface area contributed by atoms with Crippen molar-refractivity contribution in [1.82, 2.24) is 15.4 Å². The molecule has 0 atom stereocenters. The van der Waals surface area contributed by atoms with Gasteiger partial charge in [-0.05, 0) is 37.9 Å². The van der Waals surface area contributed by atoms with Crippen molar-refractivity contribution in [2.45, 2.75) is 63.5 Å². The van der Waals surface area contributed by atoms with E-state index < -0.39 is 0 Å². The molecule has 0 unspecified atom stereocenters. The topological polar surface area (TPSA) is 67.6 Å². The Labute approximate surface area is 149 Å². The summed E-state index contributed by atoms with van der Waals surface area (Å²) in [4.78, 5) is 14.5. The number of hydrogen-bond acceptors (Lipinski definition) is 5. The van der Waals surface area contributed by atoms with Crippen LogP contribution < -0.4 is 10.1 Å². The minimum Gasteiger partial charge on any atom is -0.474 e. The van der Waals surface area contributed by atoms with Crippen LogP contribution in [0.2, 0.25) is 0 Å². The van der Waals surface area contributed by atoms with E-state index in [1.165, 1.54) is 38.5 Å². The number of ether oxygens (including phenoxy) is 1. The van der Waals surface area contributed by atoms with Crippen LogP contribution in [0.15, 0.2) is 10.6 Å². The third-order valence-electron chi connectivity index (χ3n) is 5.04. The Kier molecular flexibility index (Phi) is 7.37. The molecule has 3 rings (SSSR count). The predicted molar refractivity (Wildman–Crippen MR) is 93.9 cm³/mol. The van der Waals surface area contributed by atoms with Crippen LogP contribution in [0.1, 0.15) is 61.9 Å². The van der Waals surface area contributed by atoms with Crippen LogP contribution >= 0.6 is 12.4 Å². The average Bonchev–Trinajstić information content (AvgIpc) is 2.95. The minimum absolute atomic E-state index is 0. The van der Waals surface area contributed by atoms with Crippen LogP contribution in [0, 0.1) is 0 Å². The SMILES string of the molecule is CN(CCOc1cc(C(=O)NC2CCCCC2)on1)C1CCC1.Cl. The number of nitrogens with one attached hydrogen (secondary N) is 1. The fourth-order valence-electron chi connectivity index (χ4n) is 3.24. The van der Waals surface area contributed by atoms with Crippen molar-refractivity contribution in [1.29, 1.82) is 0 Å². The lowest BCUT2D eigenvalue weighted by Gasteiger charge is -2.34. The molecule has 2 saturated carbocycles. The zero-order valence-corrected chi connectivity index (χ0v) is 15.1. The quantitative estimate of drug-likeness (QED) is 0.812. The van der Waals surface area contributed by atoms with Crippen molar-refractivity contribution in [3.8, 4) is 5.88 Å². The Morgan fingerprint density at radius 3 is 2.71 bits per heavy atom. The van der Waals surface area contributed by atoms with Gasteiger partial charge >= 0.3 is 0 Å². The Balaban J connectivity index is 0.00000208. The van der Waals surface area contributed by atoms with E-state index in [2.05, 4.69) is 22.4 Å². The van der Waals surface area contributed by atoms with Gasteiger partial charge in [-0.2, -0.15) is 0 Å². The van der Waals surface area contributed by atoms with Crippen molar-refractivity contribution in [3.05, 3.63) is 11.8 Å². The highest BCUT2D eigenvalue weighted by molar-refractivity contribution is 5.91. The molecule has 2 aliphatic rings.